The lowest BCUT2D eigenvalue weighted by molar-refractivity contribution is -0.161. The number of alkyl halides is 3. The second-order valence-electron chi connectivity index (χ2n) is 7.50. The minimum absolute atomic E-state index is 0.0689. The highest BCUT2D eigenvalue weighted by atomic mass is 19.4. The average molecular weight is 396 g/mol. The van der Waals surface area contributed by atoms with E-state index >= 15 is 0 Å². The summed E-state index contributed by atoms with van der Waals surface area (Å²) in [6, 6.07) is 9.10. The second-order valence-corrected chi connectivity index (χ2v) is 7.50. The van der Waals surface area contributed by atoms with Gasteiger partial charge >= 0.3 is 12.1 Å². The fraction of sp³-hybridized carbons (Fsp3) is 0.524. The van der Waals surface area contributed by atoms with Crippen LogP contribution < -0.4 is 0 Å². The summed E-state index contributed by atoms with van der Waals surface area (Å²) in [5.41, 5.74) is 0.736. The van der Waals surface area contributed by atoms with Gasteiger partial charge in [0, 0.05) is 18.3 Å². The molecule has 1 heterocycles. The molecule has 28 heavy (non-hydrogen) atoms. The molecule has 1 aromatic rings. The fourth-order valence-electron chi connectivity index (χ4n) is 3.86. The Hall–Kier alpha value is -2.31. The standard InChI is InChI=1S/C21H23F3O4/c1-2-12(10-11-21(22,23)24)19-18(26)17(25)16(20(27)28-19)15(14-8-9-14)13-6-4-3-5-7-13/h3-7,12,14-15,19,25H,2,8-11H2,1H3. The Morgan fingerprint density at radius 2 is 1.82 bits per heavy atom. The number of hydrogen-bond acceptors (Lipinski definition) is 4. The summed E-state index contributed by atoms with van der Waals surface area (Å²) < 4.78 is 43.0. The molecule has 1 aliphatic heterocycles. The molecule has 152 valence electrons. The molecular formula is C21H23F3O4. The van der Waals surface area contributed by atoms with Crippen molar-refractivity contribution in [1.29, 1.82) is 0 Å². The van der Waals surface area contributed by atoms with Crippen LogP contribution in [0.1, 0.15) is 50.5 Å². The summed E-state index contributed by atoms with van der Waals surface area (Å²) in [6.45, 7) is 1.63. The number of halogens is 3. The van der Waals surface area contributed by atoms with E-state index in [4.69, 9.17) is 4.74 Å². The number of benzene rings is 1. The topological polar surface area (TPSA) is 63.6 Å². The maximum atomic E-state index is 12.7. The predicted octanol–water partition coefficient (Wildman–Crippen LogP) is 4.86. The van der Waals surface area contributed by atoms with Crippen molar-refractivity contribution < 1.29 is 32.6 Å². The molecule has 1 aromatic carbocycles. The molecule has 0 spiro atoms. The Balaban J connectivity index is 1.88. The maximum Gasteiger partial charge on any atom is 0.389 e. The zero-order chi connectivity index (χ0) is 20.5. The molecule has 3 unspecified atom stereocenters. The van der Waals surface area contributed by atoms with Gasteiger partial charge in [-0.25, -0.2) is 4.79 Å². The quantitative estimate of drug-likeness (QED) is 0.669. The third-order valence-electron chi connectivity index (χ3n) is 5.52. The van der Waals surface area contributed by atoms with E-state index in [0.717, 1.165) is 18.4 Å². The first-order chi connectivity index (χ1) is 13.2. The van der Waals surface area contributed by atoms with E-state index < -0.39 is 48.0 Å². The number of rotatable bonds is 7. The number of cyclic esters (lactones) is 1. The number of esters is 1. The van der Waals surface area contributed by atoms with Gasteiger partial charge in [-0.05, 0) is 37.2 Å². The van der Waals surface area contributed by atoms with Crippen molar-refractivity contribution in [2.45, 2.75) is 57.2 Å². The zero-order valence-corrected chi connectivity index (χ0v) is 15.5. The van der Waals surface area contributed by atoms with Gasteiger partial charge in [0.2, 0.25) is 5.78 Å². The molecule has 0 saturated heterocycles. The van der Waals surface area contributed by atoms with Crippen LogP contribution in [0, 0.1) is 11.8 Å². The van der Waals surface area contributed by atoms with E-state index in [1.54, 1.807) is 6.92 Å². The highest BCUT2D eigenvalue weighted by Gasteiger charge is 2.47. The Labute approximate surface area is 161 Å². The highest BCUT2D eigenvalue weighted by molar-refractivity contribution is 6.09. The second kappa shape index (κ2) is 7.97. The van der Waals surface area contributed by atoms with Gasteiger partial charge in [0.1, 0.15) is 0 Å². The van der Waals surface area contributed by atoms with Crippen molar-refractivity contribution in [3.63, 3.8) is 0 Å². The van der Waals surface area contributed by atoms with Gasteiger partial charge in [-0.1, -0.05) is 37.3 Å². The van der Waals surface area contributed by atoms with Gasteiger partial charge in [-0.3, -0.25) is 4.79 Å². The van der Waals surface area contributed by atoms with Crippen LogP contribution in [-0.2, 0) is 14.3 Å². The van der Waals surface area contributed by atoms with Crippen molar-refractivity contribution in [1.82, 2.24) is 0 Å². The van der Waals surface area contributed by atoms with Gasteiger partial charge in [-0.2, -0.15) is 13.2 Å². The van der Waals surface area contributed by atoms with E-state index in [0.29, 0.717) is 0 Å². The summed E-state index contributed by atoms with van der Waals surface area (Å²) in [7, 11) is 0. The van der Waals surface area contributed by atoms with Gasteiger partial charge in [-0.15, -0.1) is 0 Å². The Morgan fingerprint density at radius 3 is 2.36 bits per heavy atom. The van der Waals surface area contributed by atoms with Gasteiger partial charge in [0.15, 0.2) is 11.9 Å². The molecule has 3 rings (SSSR count). The predicted molar refractivity (Wildman–Crippen MR) is 95.5 cm³/mol. The summed E-state index contributed by atoms with van der Waals surface area (Å²) in [5, 5.41) is 10.6. The molecule has 1 aliphatic carbocycles. The lowest BCUT2D eigenvalue weighted by atomic mass is 9.81. The van der Waals surface area contributed by atoms with Crippen molar-refractivity contribution in [2.75, 3.05) is 0 Å². The van der Waals surface area contributed by atoms with Gasteiger partial charge in [0.25, 0.3) is 0 Å². The molecule has 1 saturated carbocycles. The highest BCUT2D eigenvalue weighted by Crippen LogP contribution is 2.48. The molecule has 0 amide bonds. The van der Waals surface area contributed by atoms with Crippen LogP contribution in [0.2, 0.25) is 0 Å². The van der Waals surface area contributed by atoms with E-state index in [-0.39, 0.29) is 24.3 Å². The van der Waals surface area contributed by atoms with Crippen molar-refractivity contribution in [3.05, 3.63) is 47.2 Å². The normalized spacial score (nSPS) is 22.8. The summed E-state index contributed by atoms with van der Waals surface area (Å²) >= 11 is 0. The Bertz CT molecular complexity index is 766. The SMILES string of the molecule is CCC(CCC(F)(F)F)C1OC(=O)C(C(c2ccccc2)C2CC2)=C(O)C1=O. The minimum atomic E-state index is -4.36. The molecule has 1 N–H and O–H groups in total. The first-order valence-corrected chi connectivity index (χ1v) is 9.53. The first-order valence-electron chi connectivity index (χ1n) is 9.53. The number of aliphatic hydroxyl groups excluding tert-OH is 1. The number of hydrogen-bond donors (Lipinski definition) is 1. The lowest BCUT2D eigenvalue weighted by Crippen LogP contribution is -2.42. The van der Waals surface area contributed by atoms with Crippen LogP contribution in [0.15, 0.2) is 41.7 Å². The van der Waals surface area contributed by atoms with Crippen LogP contribution in [0.3, 0.4) is 0 Å². The first kappa shape index (κ1) is 20.4. The molecule has 0 radical (unpaired) electrons. The molecule has 4 nitrogen and oxygen atoms in total. The van der Waals surface area contributed by atoms with E-state index in [1.165, 1.54) is 0 Å². The molecular weight excluding hydrogens is 373 g/mol. The third-order valence-corrected chi connectivity index (χ3v) is 5.52. The molecule has 0 aromatic heterocycles. The third kappa shape index (κ3) is 4.39. The van der Waals surface area contributed by atoms with E-state index in [1.807, 2.05) is 30.3 Å². The summed E-state index contributed by atoms with van der Waals surface area (Å²) in [5.74, 6) is -3.39. The van der Waals surface area contributed by atoms with Crippen LogP contribution in [0.25, 0.3) is 0 Å². The number of Topliss-reactive ketones (excluding diaryl/α,β-unsaturated/α-hetero) is 1. The number of carbonyl (C=O) groups excluding carboxylic acids is 2. The Kier molecular flexibility index (Phi) is 5.82. The molecule has 0 bridgehead atoms. The van der Waals surface area contributed by atoms with Crippen molar-refractivity contribution in [3.8, 4) is 0 Å². The largest absolute Gasteiger partial charge is 0.504 e. The zero-order valence-electron chi connectivity index (χ0n) is 15.5. The number of carbonyl (C=O) groups is 2. The van der Waals surface area contributed by atoms with Crippen molar-refractivity contribution >= 4 is 11.8 Å². The van der Waals surface area contributed by atoms with Crippen LogP contribution in [0.5, 0.6) is 0 Å². The van der Waals surface area contributed by atoms with Gasteiger partial charge in [0.05, 0.1) is 5.57 Å². The van der Waals surface area contributed by atoms with Crippen LogP contribution in [-0.4, -0.2) is 29.1 Å². The van der Waals surface area contributed by atoms with Crippen molar-refractivity contribution in [2.24, 2.45) is 11.8 Å². The van der Waals surface area contributed by atoms with E-state index in [2.05, 4.69) is 0 Å². The molecule has 2 aliphatic rings. The Morgan fingerprint density at radius 1 is 1.18 bits per heavy atom. The van der Waals surface area contributed by atoms with Gasteiger partial charge < -0.3 is 9.84 Å². The van der Waals surface area contributed by atoms with Crippen LogP contribution >= 0.6 is 0 Å². The van der Waals surface area contributed by atoms with Crippen LogP contribution in [0.4, 0.5) is 13.2 Å². The number of ketones is 1. The summed E-state index contributed by atoms with van der Waals surface area (Å²) in [4.78, 5) is 25.4. The van der Waals surface area contributed by atoms with E-state index in [9.17, 15) is 27.9 Å². The monoisotopic (exact) mass is 396 g/mol. The molecule has 1 fully saturated rings. The lowest BCUT2D eigenvalue weighted by Gasteiger charge is -2.31. The molecule has 3 atom stereocenters. The number of aliphatic hydroxyl groups is 1. The number of ether oxygens (including phenoxy) is 1. The smallest absolute Gasteiger partial charge is 0.389 e. The maximum absolute atomic E-state index is 12.7. The minimum Gasteiger partial charge on any atom is -0.504 e. The fourth-order valence-corrected chi connectivity index (χ4v) is 3.86. The summed E-state index contributed by atoms with van der Waals surface area (Å²) in [6.07, 6.45) is -5.18. The average Bonchev–Trinajstić information content (AvgIpc) is 3.47. The molecule has 7 heteroatoms.